The molecular formula is C4H8ClN3O. The van der Waals surface area contributed by atoms with Crippen molar-refractivity contribution >= 4 is 12.4 Å². The summed E-state index contributed by atoms with van der Waals surface area (Å²) in [6.07, 6.45) is 1.26. The quantitative estimate of drug-likeness (QED) is 0.632. The lowest BCUT2D eigenvalue weighted by atomic mass is 10.4. The Balaban J connectivity index is 0.000000640. The van der Waals surface area contributed by atoms with Gasteiger partial charge < -0.3 is 10.2 Å². The van der Waals surface area contributed by atoms with E-state index < -0.39 is 0 Å². The number of nitrogens with zero attached hydrogens (tertiary/aromatic N) is 2. The van der Waals surface area contributed by atoms with E-state index in [0.29, 0.717) is 5.89 Å². The van der Waals surface area contributed by atoms with Crippen LogP contribution >= 0.6 is 12.4 Å². The second kappa shape index (κ2) is 3.42. The van der Waals surface area contributed by atoms with Gasteiger partial charge in [-0.2, -0.15) is 0 Å². The van der Waals surface area contributed by atoms with Crippen LogP contribution in [0.3, 0.4) is 0 Å². The Kier molecular flexibility index (Phi) is 3.19. The van der Waals surface area contributed by atoms with Crippen molar-refractivity contribution in [3.8, 4) is 0 Å². The molecule has 0 spiro atoms. The Labute approximate surface area is 58.9 Å². The molecule has 0 saturated heterocycles. The van der Waals surface area contributed by atoms with E-state index >= 15 is 0 Å². The fraction of sp³-hybridized carbons (Fsp3) is 0.500. The first kappa shape index (κ1) is 8.39. The molecule has 1 aromatic heterocycles. The molecular weight excluding hydrogens is 142 g/mol. The highest BCUT2D eigenvalue weighted by molar-refractivity contribution is 5.85. The van der Waals surface area contributed by atoms with Crippen molar-refractivity contribution in [1.29, 1.82) is 0 Å². The monoisotopic (exact) mass is 149 g/mol. The first-order valence-electron chi connectivity index (χ1n) is 2.32. The normalized spacial score (nSPS) is 12.2. The predicted molar refractivity (Wildman–Crippen MR) is 34.1 cm³/mol. The molecule has 1 rings (SSSR count). The molecule has 1 heterocycles. The van der Waals surface area contributed by atoms with E-state index in [1.807, 2.05) is 0 Å². The summed E-state index contributed by atoms with van der Waals surface area (Å²) in [6, 6.07) is -0.155. The average molecular weight is 150 g/mol. The SMILES string of the molecule is CC(N)c1nnco1.Cl. The Morgan fingerprint density at radius 3 is 2.67 bits per heavy atom. The zero-order valence-electron chi connectivity index (χ0n) is 4.94. The van der Waals surface area contributed by atoms with E-state index in [-0.39, 0.29) is 18.4 Å². The number of nitrogens with two attached hydrogens (primary N) is 1. The first-order valence-corrected chi connectivity index (χ1v) is 2.32. The maximum absolute atomic E-state index is 5.36. The smallest absolute Gasteiger partial charge is 0.232 e. The number of hydrogen-bond acceptors (Lipinski definition) is 4. The Bertz CT molecular complexity index is 151. The standard InChI is InChI=1S/C4H7N3O.ClH/c1-3(5)4-7-6-2-8-4;/h2-3H,5H2,1H3;1H. The van der Waals surface area contributed by atoms with E-state index in [9.17, 15) is 0 Å². The van der Waals surface area contributed by atoms with Crippen molar-refractivity contribution in [1.82, 2.24) is 10.2 Å². The summed E-state index contributed by atoms with van der Waals surface area (Å²) >= 11 is 0. The molecule has 0 radical (unpaired) electrons. The van der Waals surface area contributed by atoms with Crippen molar-refractivity contribution < 1.29 is 4.42 Å². The third-order valence-electron chi connectivity index (χ3n) is 0.766. The lowest BCUT2D eigenvalue weighted by Gasteiger charge is -1.92. The van der Waals surface area contributed by atoms with Crippen LogP contribution in [0, 0.1) is 0 Å². The van der Waals surface area contributed by atoms with Gasteiger partial charge >= 0.3 is 0 Å². The summed E-state index contributed by atoms with van der Waals surface area (Å²) in [5, 5.41) is 7.02. The van der Waals surface area contributed by atoms with Gasteiger partial charge in [0.2, 0.25) is 12.3 Å². The van der Waals surface area contributed by atoms with Crippen LogP contribution in [0.25, 0.3) is 0 Å². The van der Waals surface area contributed by atoms with Crippen LogP contribution in [0.1, 0.15) is 18.9 Å². The molecule has 9 heavy (non-hydrogen) atoms. The summed E-state index contributed by atoms with van der Waals surface area (Å²) in [5.74, 6) is 0.477. The number of hydrogen-bond donors (Lipinski definition) is 1. The van der Waals surface area contributed by atoms with E-state index in [4.69, 9.17) is 10.2 Å². The van der Waals surface area contributed by atoms with E-state index in [1.54, 1.807) is 6.92 Å². The second-order valence-electron chi connectivity index (χ2n) is 1.57. The second-order valence-corrected chi connectivity index (χ2v) is 1.57. The minimum atomic E-state index is -0.155. The molecule has 0 aliphatic heterocycles. The summed E-state index contributed by atoms with van der Waals surface area (Å²) in [6.45, 7) is 1.79. The Hall–Kier alpha value is -0.610. The molecule has 0 aromatic carbocycles. The Morgan fingerprint density at radius 2 is 2.44 bits per heavy atom. The molecule has 0 bridgehead atoms. The number of aromatic nitrogens is 2. The van der Waals surface area contributed by atoms with Crippen molar-refractivity contribution in [2.75, 3.05) is 0 Å². The molecule has 0 saturated carbocycles. The highest BCUT2D eigenvalue weighted by Crippen LogP contribution is 2.01. The van der Waals surface area contributed by atoms with Gasteiger partial charge in [-0.3, -0.25) is 0 Å². The Morgan fingerprint density at radius 1 is 1.78 bits per heavy atom. The fourth-order valence-corrected chi connectivity index (χ4v) is 0.380. The summed E-state index contributed by atoms with van der Waals surface area (Å²) in [7, 11) is 0. The maximum atomic E-state index is 5.36. The van der Waals surface area contributed by atoms with E-state index in [0.717, 1.165) is 0 Å². The molecule has 1 atom stereocenters. The maximum Gasteiger partial charge on any atom is 0.232 e. The summed E-state index contributed by atoms with van der Waals surface area (Å²) < 4.78 is 4.75. The number of rotatable bonds is 1. The summed E-state index contributed by atoms with van der Waals surface area (Å²) in [5.41, 5.74) is 5.36. The van der Waals surface area contributed by atoms with Gasteiger partial charge in [0, 0.05) is 0 Å². The van der Waals surface area contributed by atoms with Gasteiger partial charge in [0.15, 0.2) is 0 Å². The zero-order valence-corrected chi connectivity index (χ0v) is 5.76. The van der Waals surface area contributed by atoms with Gasteiger partial charge in [-0.1, -0.05) is 0 Å². The molecule has 4 nitrogen and oxygen atoms in total. The van der Waals surface area contributed by atoms with Gasteiger partial charge in [0.05, 0.1) is 6.04 Å². The third kappa shape index (κ3) is 1.99. The molecule has 0 aliphatic rings. The molecule has 2 N–H and O–H groups in total. The van der Waals surface area contributed by atoms with Crippen LogP contribution in [0.5, 0.6) is 0 Å². The molecule has 1 unspecified atom stereocenters. The van der Waals surface area contributed by atoms with Crippen LogP contribution in [-0.4, -0.2) is 10.2 Å². The van der Waals surface area contributed by atoms with Crippen molar-refractivity contribution in [3.05, 3.63) is 12.3 Å². The molecule has 52 valence electrons. The van der Waals surface area contributed by atoms with Gasteiger partial charge in [-0.25, -0.2) is 0 Å². The minimum Gasteiger partial charge on any atom is -0.426 e. The van der Waals surface area contributed by atoms with Crippen LogP contribution in [-0.2, 0) is 0 Å². The molecule has 1 aromatic rings. The van der Waals surface area contributed by atoms with Gasteiger partial charge in [-0.05, 0) is 6.92 Å². The molecule has 0 fully saturated rings. The molecule has 0 aliphatic carbocycles. The lowest BCUT2D eigenvalue weighted by Crippen LogP contribution is -2.04. The largest absolute Gasteiger partial charge is 0.426 e. The number of halogens is 1. The van der Waals surface area contributed by atoms with Crippen molar-refractivity contribution in [3.63, 3.8) is 0 Å². The van der Waals surface area contributed by atoms with Crippen LogP contribution in [0.15, 0.2) is 10.8 Å². The highest BCUT2D eigenvalue weighted by Gasteiger charge is 2.01. The lowest BCUT2D eigenvalue weighted by molar-refractivity contribution is 0.463. The zero-order chi connectivity index (χ0) is 5.98. The van der Waals surface area contributed by atoms with Crippen molar-refractivity contribution in [2.24, 2.45) is 5.73 Å². The van der Waals surface area contributed by atoms with Gasteiger partial charge in [0.25, 0.3) is 0 Å². The fourth-order valence-electron chi connectivity index (χ4n) is 0.380. The van der Waals surface area contributed by atoms with Crippen LogP contribution in [0.2, 0.25) is 0 Å². The average Bonchev–Trinajstić information content (AvgIpc) is 2.12. The molecule has 5 heteroatoms. The van der Waals surface area contributed by atoms with Crippen LogP contribution < -0.4 is 5.73 Å². The van der Waals surface area contributed by atoms with Gasteiger partial charge in [-0.15, -0.1) is 22.6 Å². The molecule has 0 amide bonds. The topological polar surface area (TPSA) is 64.9 Å². The van der Waals surface area contributed by atoms with Crippen LogP contribution in [0.4, 0.5) is 0 Å². The minimum absolute atomic E-state index is 0. The first-order chi connectivity index (χ1) is 3.80. The van der Waals surface area contributed by atoms with Gasteiger partial charge in [0.1, 0.15) is 0 Å². The van der Waals surface area contributed by atoms with Crippen molar-refractivity contribution in [2.45, 2.75) is 13.0 Å². The van der Waals surface area contributed by atoms with E-state index in [1.165, 1.54) is 6.39 Å². The predicted octanol–water partition coefficient (Wildman–Crippen LogP) is 0.511. The highest BCUT2D eigenvalue weighted by atomic mass is 35.5. The summed E-state index contributed by atoms with van der Waals surface area (Å²) in [4.78, 5) is 0. The third-order valence-corrected chi connectivity index (χ3v) is 0.766. The van der Waals surface area contributed by atoms with E-state index in [2.05, 4.69) is 10.2 Å².